The molecule has 34 heavy (non-hydrogen) atoms. The molecule has 0 saturated carbocycles. The van der Waals surface area contributed by atoms with Crippen molar-refractivity contribution in [3.8, 4) is 5.69 Å². The van der Waals surface area contributed by atoms with Crippen molar-refractivity contribution in [3.05, 3.63) is 82.7 Å². The number of nitrogens with zero attached hydrogens (tertiary/aromatic N) is 2. The van der Waals surface area contributed by atoms with E-state index in [9.17, 15) is 13.6 Å². The fourth-order valence-corrected chi connectivity index (χ4v) is 3.46. The minimum Gasteiger partial charge on any atom is -0.394 e. The molecule has 0 aliphatic heterocycles. The van der Waals surface area contributed by atoms with Crippen molar-refractivity contribution in [1.29, 1.82) is 0 Å². The van der Waals surface area contributed by atoms with Gasteiger partial charge in [0, 0.05) is 5.41 Å². The summed E-state index contributed by atoms with van der Waals surface area (Å²) in [7, 11) is 0. The van der Waals surface area contributed by atoms with E-state index < -0.39 is 11.7 Å². The van der Waals surface area contributed by atoms with E-state index in [1.54, 1.807) is 35.9 Å². The number of ether oxygens (including phenoxy) is 1. The normalized spacial score (nSPS) is 12.6. The molecule has 0 aliphatic rings. The predicted molar refractivity (Wildman–Crippen MR) is 126 cm³/mol. The van der Waals surface area contributed by atoms with Crippen molar-refractivity contribution in [2.24, 2.45) is 0 Å². The van der Waals surface area contributed by atoms with E-state index in [0.717, 1.165) is 11.4 Å². The van der Waals surface area contributed by atoms with Crippen LogP contribution in [0, 0.1) is 11.6 Å². The summed E-state index contributed by atoms with van der Waals surface area (Å²) < 4.78 is 35.0. The first-order valence-electron chi connectivity index (χ1n) is 11.2. The van der Waals surface area contributed by atoms with E-state index in [4.69, 9.17) is 9.84 Å². The maximum atomic E-state index is 14.7. The summed E-state index contributed by atoms with van der Waals surface area (Å²) in [4.78, 5) is 12.9. The summed E-state index contributed by atoms with van der Waals surface area (Å²) in [6.07, 6.45) is 0. The van der Waals surface area contributed by atoms with Gasteiger partial charge in [-0.25, -0.2) is 13.5 Å². The van der Waals surface area contributed by atoms with Gasteiger partial charge < -0.3 is 15.2 Å². The maximum Gasteiger partial charge on any atom is 0.227 e. The monoisotopic (exact) mass is 471 g/mol. The van der Waals surface area contributed by atoms with E-state index in [-0.39, 0.29) is 49.1 Å². The summed E-state index contributed by atoms with van der Waals surface area (Å²) in [5.74, 6) is -1.87. The van der Waals surface area contributed by atoms with Crippen LogP contribution in [0.4, 0.5) is 8.78 Å². The van der Waals surface area contributed by atoms with Gasteiger partial charge in [-0.2, -0.15) is 5.10 Å². The zero-order chi connectivity index (χ0) is 24.9. The zero-order valence-corrected chi connectivity index (χ0v) is 19.9. The number of carbonyl (C=O) groups excluding carboxylic acids is 1. The number of halogens is 2. The molecular weight excluding hydrogens is 440 g/mol. The topological polar surface area (TPSA) is 76.4 Å². The Morgan fingerprint density at radius 1 is 1.15 bits per heavy atom. The van der Waals surface area contributed by atoms with Gasteiger partial charge in [-0.15, -0.1) is 0 Å². The molecular formula is C26H31F2N3O3. The standard InChI is InChI=1S/C26H31F2N3O3/c1-17(22-10-5-18(13-23(22)28)16-34-12-11-32)25(33)29-15-21-14-24(26(2,3)4)30-31(21)20-8-6-19(27)7-9-20/h5-10,13-14,17,32H,11-12,15-16H2,1-4H3,(H,29,33). The molecule has 2 N–H and O–H groups in total. The minimum atomic E-state index is -0.711. The zero-order valence-electron chi connectivity index (χ0n) is 19.9. The van der Waals surface area contributed by atoms with Gasteiger partial charge in [0.2, 0.25) is 5.91 Å². The highest BCUT2D eigenvalue weighted by molar-refractivity contribution is 5.83. The first-order chi connectivity index (χ1) is 16.1. The minimum absolute atomic E-state index is 0.102. The second-order valence-electron chi connectivity index (χ2n) is 9.23. The summed E-state index contributed by atoms with van der Waals surface area (Å²) in [5, 5.41) is 16.3. The molecule has 0 bridgehead atoms. The van der Waals surface area contributed by atoms with Crippen molar-refractivity contribution < 1.29 is 23.4 Å². The summed E-state index contributed by atoms with van der Waals surface area (Å²) in [6.45, 7) is 8.19. The van der Waals surface area contributed by atoms with Gasteiger partial charge in [-0.1, -0.05) is 32.9 Å². The highest BCUT2D eigenvalue weighted by Crippen LogP contribution is 2.25. The second kappa shape index (κ2) is 10.9. The highest BCUT2D eigenvalue weighted by atomic mass is 19.1. The average Bonchev–Trinajstić information content (AvgIpc) is 3.23. The molecule has 3 aromatic rings. The molecule has 1 unspecified atom stereocenters. The molecule has 1 aromatic heterocycles. The second-order valence-corrected chi connectivity index (χ2v) is 9.23. The van der Waals surface area contributed by atoms with Crippen LogP contribution in [0.2, 0.25) is 0 Å². The number of carbonyl (C=O) groups is 1. The number of rotatable bonds is 9. The van der Waals surface area contributed by atoms with Gasteiger partial charge in [-0.05, 0) is 54.4 Å². The van der Waals surface area contributed by atoms with Crippen molar-refractivity contribution in [2.45, 2.75) is 52.2 Å². The molecule has 0 radical (unpaired) electrons. The largest absolute Gasteiger partial charge is 0.394 e. The maximum absolute atomic E-state index is 14.7. The number of aliphatic hydroxyl groups is 1. The first-order valence-corrected chi connectivity index (χ1v) is 11.2. The van der Waals surface area contributed by atoms with Crippen LogP contribution in [0.15, 0.2) is 48.5 Å². The first kappa shape index (κ1) is 25.5. The quantitative estimate of drug-likeness (QED) is 0.454. The molecule has 1 atom stereocenters. The van der Waals surface area contributed by atoms with Gasteiger partial charge in [0.25, 0.3) is 0 Å². The van der Waals surface area contributed by atoms with Gasteiger partial charge in [0.05, 0.1) is 49.4 Å². The van der Waals surface area contributed by atoms with Crippen molar-refractivity contribution in [2.75, 3.05) is 13.2 Å². The number of benzene rings is 2. The predicted octanol–water partition coefficient (Wildman–Crippen LogP) is 4.38. The Labute approximate surface area is 198 Å². The third-order valence-corrected chi connectivity index (χ3v) is 5.50. The Kier molecular flexibility index (Phi) is 8.17. The van der Waals surface area contributed by atoms with Crippen molar-refractivity contribution in [1.82, 2.24) is 15.1 Å². The van der Waals surface area contributed by atoms with Crippen molar-refractivity contribution in [3.63, 3.8) is 0 Å². The molecule has 3 rings (SSSR count). The van der Waals surface area contributed by atoms with Gasteiger partial charge in [0.1, 0.15) is 11.6 Å². The summed E-state index contributed by atoms with van der Waals surface area (Å²) in [6, 6.07) is 12.5. The van der Waals surface area contributed by atoms with E-state index in [0.29, 0.717) is 11.3 Å². The Bertz CT molecular complexity index is 1120. The number of aromatic nitrogens is 2. The smallest absolute Gasteiger partial charge is 0.227 e. The molecule has 6 nitrogen and oxygen atoms in total. The lowest BCUT2D eigenvalue weighted by Gasteiger charge is -2.15. The van der Waals surface area contributed by atoms with Crippen LogP contribution in [0.5, 0.6) is 0 Å². The van der Waals surface area contributed by atoms with Crippen LogP contribution >= 0.6 is 0 Å². The fraction of sp³-hybridized carbons (Fsp3) is 0.385. The number of hydrogen-bond acceptors (Lipinski definition) is 4. The third-order valence-electron chi connectivity index (χ3n) is 5.50. The lowest BCUT2D eigenvalue weighted by molar-refractivity contribution is -0.122. The molecule has 2 aromatic carbocycles. The molecule has 0 saturated heterocycles. The van der Waals surface area contributed by atoms with Crippen LogP contribution in [0.1, 0.15) is 56.1 Å². The summed E-state index contributed by atoms with van der Waals surface area (Å²) >= 11 is 0. The lowest BCUT2D eigenvalue weighted by atomic mass is 9.92. The lowest BCUT2D eigenvalue weighted by Crippen LogP contribution is -2.29. The van der Waals surface area contributed by atoms with Crippen molar-refractivity contribution >= 4 is 5.91 Å². The van der Waals surface area contributed by atoms with Crippen LogP contribution in [0.25, 0.3) is 5.69 Å². The number of aliphatic hydroxyl groups excluding tert-OH is 1. The van der Waals surface area contributed by atoms with Gasteiger partial charge in [0.15, 0.2) is 0 Å². The highest BCUT2D eigenvalue weighted by Gasteiger charge is 2.23. The Morgan fingerprint density at radius 2 is 1.85 bits per heavy atom. The Balaban J connectivity index is 1.75. The molecule has 0 aliphatic carbocycles. The van der Waals surface area contributed by atoms with E-state index >= 15 is 0 Å². The average molecular weight is 472 g/mol. The van der Waals surface area contributed by atoms with Gasteiger partial charge in [-0.3, -0.25) is 4.79 Å². The van der Waals surface area contributed by atoms with Crippen LogP contribution in [-0.2, 0) is 28.1 Å². The van der Waals surface area contributed by atoms with Crippen LogP contribution in [-0.4, -0.2) is 34.0 Å². The SMILES string of the molecule is CC(C(=O)NCc1cc(C(C)(C)C)nn1-c1ccc(F)cc1)c1ccc(COCCO)cc1F. The molecule has 8 heteroatoms. The number of nitrogens with one attached hydrogen (secondary N) is 1. The fourth-order valence-electron chi connectivity index (χ4n) is 3.46. The van der Waals surface area contributed by atoms with Gasteiger partial charge >= 0.3 is 0 Å². The Morgan fingerprint density at radius 3 is 2.47 bits per heavy atom. The van der Waals surface area contributed by atoms with Crippen LogP contribution in [0.3, 0.4) is 0 Å². The third kappa shape index (κ3) is 6.27. The molecule has 0 spiro atoms. The van der Waals surface area contributed by atoms with E-state index in [2.05, 4.69) is 10.4 Å². The molecule has 0 fully saturated rings. The Hall–Kier alpha value is -3.10. The molecule has 182 valence electrons. The number of hydrogen-bond donors (Lipinski definition) is 2. The van der Waals surface area contributed by atoms with E-state index in [1.165, 1.54) is 18.2 Å². The number of amides is 1. The summed E-state index contributed by atoms with van der Waals surface area (Å²) in [5.41, 5.74) is 2.93. The molecule has 1 amide bonds. The van der Waals surface area contributed by atoms with E-state index in [1.807, 2.05) is 26.8 Å². The van der Waals surface area contributed by atoms with Crippen LogP contribution < -0.4 is 5.32 Å². The molecule has 1 heterocycles.